The van der Waals surface area contributed by atoms with Gasteiger partial charge in [-0.2, -0.15) is 0 Å². The van der Waals surface area contributed by atoms with E-state index in [0.717, 1.165) is 13.0 Å². The quantitative estimate of drug-likeness (QED) is 0.443. The lowest BCUT2D eigenvalue weighted by Crippen LogP contribution is -2.29. The van der Waals surface area contributed by atoms with Crippen molar-refractivity contribution in [3.63, 3.8) is 0 Å². The second kappa shape index (κ2) is 12.8. The summed E-state index contributed by atoms with van der Waals surface area (Å²) in [7, 11) is 0. The Kier molecular flexibility index (Phi) is 11.2. The molecule has 0 fully saturated rings. The average Bonchev–Trinajstić information content (AvgIpc) is 2.79. The van der Waals surface area contributed by atoms with Crippen molar-refractivity contribution in [1.82, 2.24) is 0 Å². The molecule has 0 aromatic heterocycles. The minimum Gasteiger partial charge on any atom is -0.330 e. The molecule has 0 aliphatic heterocycles. The minimum absolute atomic E-state index is 0.328. The molecule has 0 aliphatic carbocycles. The van der Waals surface area contributed by atoms with Crippen molar-refractivity contribution < 1.29 is 0 Å². The molecule has 0 saturated carbocycles. The maximum absolute atomic E-state index is 6.10. The summed E-state index contributed by atoms with van der Waals surface area (Å²) in [6.07, 6.45) is 7.12. The molecular formula is C27H43N. The van der Waals surface area contributed by atoms with Crippen LogP contribution in [0.1, 0.15) is 90.7 Å². The van der Waals surface area contributed by atoms with Gasteiger partial charge >= 0.3 is 0 Å². The lowest BCUT2D eigenvalue weighted by molar-refractivity contribution is 0.235. The van der Waals surface area contributed by atoms with E-state index in [1.165, 1.54) is 54.4 Å². The van der Waals surface area contributed by atoms with Crippen molar-refractivity contribution in [3.05, 3.63) is 59.7 Å². The van der Waals surface area contributed by atoms with Crippen molar-refractivity contribution in [2.24, 2.45) is 11.1 Å². The summed E-state index contributed by atoms with van der Waals surface area (Å²) in [5.74, 6) is 0.635. The van der Waals surface area contributed by atoms with E-state index in [9.17, 15) is 0 Å². The number of nitrogens with two attached hydrogens (primary N) is 1. The zero-order chi connectivity index (χ0) is 21.0. The Hall–Kier alpha value is -1.60. The highest BCUT2D eigenvalue weighted by molar-refractivity contribution is 5.64. The molecule has 2 N–H and O–H groups in total. The molecule has 0 bridgehead atoms. The van der Waals surface area contributed by atoms with Gasteiger partial charge in [0.15, 0.2) is 0 Å². The lowest BCUT2D eigenvalue weighted by Gasteiger charge is -2.32. The van der Waals surface area contributed by atoms with E-state index < -0.39 is 0 Å². The number of rotatable bonds is 10. The van der Waals surface area contributed by atoms with Gasteiger partial charge in [-0.25, -0.2) is 0 Å². The summed E-state index contributed by atoms with van der Waals surface area (Å²) in [5.41, 5.74) is 11.9. The minimum atomic E-state index is 0.328. The Bertz CT molecular complexity index is 627. The largest absolute Gasteiger partial charge is 0.330 e. The molecule has 2 rings (SSSR count). The lowest BCUT2D eigenvalue weighted by atomic mass is 9.75. The van der Waals surface area contributed by atoms with Crippen molar-refractivity contribution in [2.75, 3.05) is 6.54 Å². The summed E-state index contributed by atoms with van der Waals surface area (Å²) >= 11 is 0. The number of aryl methyl sites for hydroxylation is 1. The standard InChI is InChI=1S/C25H37N.C2H6/c1-5-20-9-11-23(12-10-20)24-15-13-22(14-16-24)21(6-2)17-18-25(7-3,8-4)19-26;1-2/h9-16,21H,5-8,17-19,26H2,1-4H3;1-2H3. The third-order valence-electron chi connectivity index (χ3n) is 6.53. The van der Waals surface area contributed by atoms with Crippen molar-refractivity contribution in [2.45, 2.75) is 86.0 Å². The fourth-order valence-corrected chi connectivity index (χ4v) is 3.96. The van der Waals surface area contributed by atoms with E-state index in [2.05, 4.69) is 76.2 Å². The predicted molar refractivity (Wildman–Crippen MR) is 127 cm³/mol. The fraction of sp³-hybridized carbons (Fsp3) is 0.556. The first kappa shape index (κ1) is 24.4. The number of benzene rings is 2. The van der Waals surface area contributed by atoms with E-state index in [1.54, 1.807) is 0 Å². The highest BCUT2D eigenvalue weighted by atomic mass is 14.6. The highest BCUT2D eigenvalue weighted by Gasteiger charge is 2.25. The zero-order valence-corrected chi connectivity index (χ0v) is 19.2. The van der Waals surface area contributed by atoms with Crippen molar-refractivity contribution in [3.8, 4) is 11.1 Å². The van der Waals surface area contributed by atoms with Crippen LogP contribution in [-0.2, 0) is 6.42 Å². The third-order valence-corrected chi connectivity index (χ3v) is 6.53. The fourth-order valence-electron chi connectivity index (χ4n) is 3.96. The van der Waals surface area contributed by atoms with Gasteiger partial charge in [0.05, 0.1) is 0 Å². The van der Waals surface area contributed by atoms with Crippen LogP contribution in [0.4, 0.5) is 0 Å². The maximum atomic E-state index is 6.10. The van der Waals surface area contributed by atoms with Crippen molar-refractivity contribution in [1.29, 1.82) is 0 Å². The molecule has 1 heteroatoms. The van der Waals surface area contributed by atoms with Gasteiger partial charge in [-0.3, -0.25) is 0 Å². The van der Waals surface area contributed by atoms with Gasteiger partial charge in [-0.1, -0.05) is 90.1 Å². The van der Waals surface area contributed by atoms with Crippen LogP contribution in [0.25, 0.3) is 11.1 Å². The van der Waals surface area contributed by atoms with Crippen LogP contribution in [0.15, 0.2) is 48.5 Å². The van der Waals surface area contributed by atoms with Crippen molar-refractivity contribution >= 4 is 0 Å². The number of hydrogen-bond acceptors (Lipinski definition) is 1. The van der Waals surface area contributed by atoms with E-state index in [0.29, 0.717) is 11.3 Å². The second-order valence-corrected chi connectivity index (χ2v) is 7.73. The van der Waals surface area contributed by atoms with Gasteiger partial charge in [0.1, 0.15) is 0 Å². The van der Waals surface area contributed by atoms with E-state index in [4.69, 9.17) is 5.73 Å². The van der Waals surface area contributed by atoms with E-state index in [1.807, 2.05) is 13.8 Å². The molecule has 1 nitrogen and oxygen atoms in total. The van der Waals surface area contributed by atoms with Gasteiger partial charge in [-0.05, 0) is 78.7 Å². The number of hydrogen-bond donors (Lipinski definition) is 1. The van der Waals surface area contributed by atoms with Gasteiger partial charge in [-0.15, -0.1) is 0 Å². The second-order valence-electron chi connectivity index (χ2n) is 7.73. The summed E-state index contributed by atoms with van der Waals surface area (Å²) < 4.78 is 0. The van der Waals surface area contributed by atoms with Gasteiger partial charge < -0.3 is 5.73 Å². The molecule has 0 aliphatic rings. The van der Waals surface area contributed by atoms with Crippen LogP contribution < -0.4 is 5.73 Å². The molecule has 156 valence electrons. The molecule has 0 radical (unpaired) electrons. The van der Waals surface area contributed by atoms with Gasteiger partial charge in [0.25, 0.3) is 0 Å². The Morgan fingerprint density at radius 2 is 1.29 bits per heavy atom. The maximum Gasteiger partial charge on any atom is -0.00207 e. The molecule has 28 heavy (non-hydrogen) atoms. The molecule has 0 heterocycles. The first-order chi connectivity index (χ1) is 13.6. The summed E-state index contributed by atoms with van der Waals surface area (Å²) in [4.78, 5) is 0. The van der Waals surface area contributed by atoms with Crippen LogP contribution >= 0.6 is 0 Å². The molecule has 0 spiro atoms. The summed E-state index contributed by atoms with van der Waals surface area (Å²) in [6.45, 7) is 13.9. The van der Waals surface area contributed by atoms with Crippen LogP contribution in [0.5, 0.6) is 0 Å². The topological polar surface area (TPSA) is 26.0 Å². The summed E-state index contributed by atoms with van der Waals surface area (Å²) in [6, 6.07) is 18.2. The zero-order valence-electron chi connectivity index (χ0n) is 19.2. The van der Waals surface area contributed by atoms with Gasteiger partial charge in [0, 0.05) is 0 Å². The Labute approximate surface area is 174 Å². The normalized spacial score (nSPS) is 12.2. The van der Waals surface area contributed by atoms with E-state index in [-0.39, 0.29) is 0 Å². The van der Waals surface area contributed by atoms with Crippen LogP contribution in [0, 0.1) is 5.41 Å². The molecular weight excluding hydrogens is 338 g/mol. The first-order valence-corrected chi connectivity index (χ1v) is 11.5. The highest BCUT2D eigenvalue weighted by Crippen LogP contribution is 2.36. The van der Waals surface area contributed by atoms with Crippen LogP contribution in [-0.4, -0.2) is 6.54 Å². The Morgan fingerprint density at radius 1 is 0.786 bits per heavy atom. The van der Waals surface area contributed by atoms with E-state index >= 15 is 0 Å². The molecule has 0 amide bonds. The van der Waals surface area contributed by atoms with Crippen LogP contribution in [0.2, 0.25) is 0 Å². The Balaban J connectivity index is 0.00000190. The molecule has 1 atom stereocenters. The summed E-state index contributed by atoms with van der Waals surface area (Å²) in [5, 5.41) is 0. The SMILES string of the molecule is CC.CCc1ccc(-c2ccc(C(CC)CCC(CC)(CC)CN)cc2)cc1. The monoisotopic (exact) mass is 381 g/mol. The van der Waals surface area contributed by atoms with Gasteiger partial charge in [0.2, 0.25) is 0 Å². The molecule has 2 aromatic carbocycles. The smallest absolute Gasteiger partial charge is 0.00207 e. The molecule has 0 saturated heterocycles. The molecule has 1 unspecified atom stereocenters. The predicted octanol–water partition coefficient (Wildman–Crippen LogP) is 7.98. The average molecular weight is 382 g/mol. The first-order valence-electron chi connectivity index (χ1n) is 11.5. The third kappa shape index (κ3) is 6.48. The molecule has 2 aromatic rings. The Morgan fingerprint density at radius 3 is 1.68 bits per heavy atom. The van der Waals surface area contributed by atoms with Crippen LogP contribution in [0.3, 0.4) is 0 Å².